The molecule has 0 saturated carbocycles. The van der Waals surface area contributed by atoms with Crippen LogP contribution in [-0.4, -0.2) is 18.0 Å². The van der Waals surface area contributed by atoms with Gasteiger partial charge in [0.25, 0.3) is 5.69 Å². The normalized spacial score (nSPS) is 10.2. The van der Waals surface area contributed by atoms with E-state index in [2.05, 4.69) is 18.7 Å². The topological polar surface area (TPSA) is 72.4 Å². The molecule has 0 aromatic heterocycles. The Hall–Kier alpha value is -1.78. The zero-order valence-electron chi connectivity index (χ0n) is 10.3. The lowest BCUT2D eigenvalue weighted by molar-refractivity contribution is -0.384. The molecule has 0 spiro atoms. The standard InChI is InChI=1S/C12H19N3O2/c1-3-5-14(6-4-2)11-7-10(13)8-12(9-11)15(16)17/h7-9H,3-6,13H2,1-2H3. The molecule has 0 atom stereocenters. The van der Waals surface area contributed by atoms with Crippen LogP contribution in [0.5, 0.6) is 0 Å². The molecule has 5 heteroatoms. The largest absolute Gasteiger partial charge is 0.398 e. The van der Waals surface area contributed by atoms with E-state index in [1.165, 1.54) is 6.07 Å². The minimum absolute atomic E-state index is 0.0530. The SMILES string of the molecule is CCCN(CCC)c1cc(N)cc([N+](=O)[O-])c1. The summed E-state index contributed by atoms with van der Waals surface area (Å²) in [5.74, 6) is 0. The summed E-state index contributed by atoms with van der Waals surface area (Å²) in [5, 5.41) is 10.8. The number of nitrogens with zero attached hydrogens (tertiary/aromatic N) is 2. The lowest BCUT2D eigenvalue weighted by Gasteiger charge is -2.23. The molecule has 0 unspecified atom stereocenters. The second kappa shape index (κ2) is 6.08. The number of benzene rings is 1. The van der Waals surface area contributed by atoms with Gasteiger partial charge in [-0.1, -0.05) is 13.8 Å². The predicted octanol–water partition coefficient (Wildman–Crippen LogP) is 2.80. The molecule has 0 fully saturated rings. The summed E-state index contributed by atoms with van der Waals surface area (Å²) in [4.78, 5) is 12.5. The van der Waals surface area contributed by atoms with Crippen LogP contribution < -0.4 is 10.6 Å². The first-order chi connectivity index (χ1) is 8.08. The van der Waals surface area contributed by atoms with E-state index >= 15 is 0 Å². The van der Waals surface area contributed by atoms with E-state index in [0.717, 1.165) is 31.6 Å². The van der Waals surface area contributed by atoms with Gasteiger partial charge in [0.15, 0.2) is 0 Å². The van der Waals surface area contributed by atoms with Crippen LogP contribution in [0.1, 0.15) is 26.7 Å². The highest BCUT2D eigenvalue weighted by Crippen LogP contribution is 2.25. The lowest BCUT2D eigenvalue weighted by Crippen LogP contribution is -2.24. The van der Waals surface area contributed by atoms with E-state index in [4.69, 9.17) is 5.73 Å². The van der Waals surface area contributed by atoms with Crippen molar-refractivity contribution in [1.29, 1.82) is 0 Å². The molecule has 0 radical (unpaired) electrons. The van der Waals surface area contributed by atoms with Gasteiger partial charge in [0.05, 0.1) is 4.92 Å². The number of nitrogens with two attached hydrogens (primary N) is 1. The van der Waals surface area contributed by atoms with Gasteiger partial charge >= 0.3 is 0 Å². The van der Waals surface area contributed by atoms with Gasteiger partial charge in [0.2, 0.25) is 0 Å². The first kappa shape index (κ1) is 13.3. The fourth-order valence-electron chi connectivity index (χ4n) is 1.82. The van der Waals surface area contributed by atoms with Gasteiger partial charge in [0.1, 0.15) is 0 Å². The average molecular weight is 237 g/mol. The Labute approximate surface area is 101 Å². The fourth-order valence-corrected chi connectivity index (χ4v) is 1.82. The summed E-state index contributed by atoms with van der Waals surface area (Å²) >= 11 is 0. The zero-order valence-corrected chi connectivity index (χ0v) is 10.3. The molecule has 1 aromatic carbocycles. The van der Waals surface area contributed by atoms with Gasteiger partial charge in [-0.05, 0) is 18.9 Å². The second-order valence-electron chi connectivity index (χ2n) is 4.03. The first-order valence-electron chi connectivity index (χ1n) is 5.88. The Bertz CT molecular complexity index is 387. The highest BCUT2D eigenvalue weighted by atomic mass is 16.6. The van der Waals surface area contributed by atoms with Gasteiger partial charge in [-0.25, -0.2) is 0 Å². The van der Waals surface area contributed by atoms with Crippen LogP contribution in [0.25, 0.3) is 0 Å². The summed E-state index contributed by atoms with van der Waals surface area (Å²) in [5.41, 5.74) is 7.02. The molecule has 0 aliphatic rings. The van der Waals surface area contributed by atoms with Crippen LogP contribution >= 0.6 is 0 Å². The van der Waals surface area contributed by atoms with Crippen molar-refractivity contribution in [3.63, 3.8) is 0 Å². The highest BCUT2D eigenvalue weighted by Gasteiger charge is 2.12. The van der Waals surface area contributed by atoms with Gasteiger partial charge in [0, 0.05) is 36.6 Å². The smallest absolute Gasteiger partial charge is 0.273 e. The van der Waals surface area contributed by atoms with Crippen molar-refractivity contribution in [2.24, 2.45) is 0 Å². The van der Waals surface area contributed by atoms with Crippen LogP contribution in [0, 0.1) is 10.1 Å². The number of rotatable bonds is 6. The maximum absolute atomic E-state index is 10.8. The molecule has 0 aliphatic carbocycles. The third-order valence-electron chi connectivity index (χ3n) is 2.49. The molecule has 17 heavy (non-hydrogen) atoms. The summed E-state index contributed by atoms with van der Waals surface area (Å²) in [6.45, 7) is 5.94. The van der Waals surface area contributed by atoms with Crippen LogP contribution in [-0.2, 0) is 0 Å². The molecular weight excluding hydrogens is 218 g/mol. The predicted molar refractivity (Wildman–Crippen MR) is 70.3 cm³/mol. The number of non-ortho nitro benzene ring substituents is 1. The molecule has 94 valence electrons. The maximum atomic E-state index is 10.8. The fraction of sp³-hybridized carbons (Fsp3) is 0.500. The van der Waals surface area contributed by atoms with E-state index in [1.54, 1.807) is 12.1 Å². The minimum Gasteiger partial charge on any atom is -0.398 e. The molecule has 0 bridgehead atoms. The third kappa shape index (κ3) is 3.62. The summed E-state index contributed by atoms with van der Waals surface area (Å²) in [6.07, 6.45) is 2.01. The number of nitro benzene ring substituents is 1. The molecule has 1 aromatic rings. The van der Waals surface area contributed by atoms with E-state index in [-0.39, 0.29) is 5.69 Å². The average Bonchev–Trinajstić information content (AvgIpc) is 2.28. The zero-order chi connectivity index (χ0) is 12.8. The number of nitrogen functional groups attached to an aromatic ring is 1. The Morgan fingerprint density at radius 3 is 2.29 bits per heavy atom. The van der Waals surface area contributed by atoms with Crippen molar-refractivity contribution in [3.05, 3.63) is 28.3 Å². The highest BCUT2D eigenvalue weighted by molar-refractivity contribution is 5.62. The molecular formula is C12H19N3O2. The van der Waals surface area contributed by atoms with Crippen molar-refractivity contribution >= 4 is 17.1 Å². The number of nitro groups is 1. The van der Waals surface area contributed by atoms with Crippen LogP contribution in [0.2, 0.25) is 0 Å². The Morgan fingerprint density at radius 2 is 1.82 bits per heavy atom. The van der Waals surface area contributed by atoms with Crippen LogP contribution in [0.4, 0.5) is 17.1 Å². The van der Waals surface area contributed by atoms with Gasteiger partial charge in [-0.15, -0.1) is 0 Å². The molecule has 0 heterocycles. The van der Waals surface area contributed by atoms with E-state index in [9.17, 15) is 10.1 Å². The molecule has 2 N–H and O–H groups in total. The quantitative estimate of drug-likeness (QED) is 0.469. The number of hydrogen-bond donors (Lipinski definition) is 1. The summed E-state index contributed by atoms with van der Waals surface area (Å²) in [6, 6.07) is 4.76. The first-order valence-corrected chi connectivity index (χ1v) is 5.88. The number of hydrogen-bond acceptors (Lipinski definition) is 4. The monoisotopic (exact) mass is 237 g/mol. The van der Waals surface area contributed by atoms with Gasteiger partial charge in [-0.3, -0.25) is 10.1 Å². The van der Waals surface area contributed by atoms with E-state index in [1.807, 2.05) is 0 Å². The molecule has 0 aliphatic heterocycles. The Morgan fingerprint density at radius 1 is 1.24 bits per heavy atom. The van der Waals surface area contributed by atoms with Crippen molar-refractivity contribution < 1.29 is 4.92 Å². The maximum Gasteiger partial charge on any atom is 0.273 e. The van der Waals surface area contributed by atoms with Crippen molar-refractivity contribution in [2.45, 2.75) is 26.7 Å². The molecule has 0 amide bonds. The minimum atomic E-state index is -0.407. The third-order valence-corrected chi connectivity index (χ3v) is 2.49. The van der Waals surface area contributed by atoms with Crippen molar-refractivity contribution in [1.82, 2.24) is 0 Å². The van der Waals surface area contributed by atoms with E-state index in [0.29, 0.717) is 5.69 Å². The molecule has 1 rings (SSSR count). The summed E-state index contributed by atoms with van der Waals surface area (Å²) in [7, 11) is 0. The Kier molecular flexibility index (Phi) is 4.75. The van der Waals surface area contributed by atoms with Gasteiger partial charge in [-0.2, -0.15) is 0 Å². The Balaban J connectivity index is 3.04. The number of anilines is 2. The van der Waals surface area contributed by atoms with Crippen LogP contribution in [0.15, 0.2) is 18.2 Å². The molecule has 0 saturated heterocycles. The van der Waals surface area contributed by atoms with E-state index < -0.39 is 4.92 Å². The van der Waals surface area contributed by atoms with Crippen molar-refractivity contribution in [2.75, 3.05) is 23.7 Å². The molecule has 5 nitrogen and oxygen atoms in total. The van der Waals surface area contributed by atoms with Crippen LogP contribution in [0.3, 0.4) is 0 Å². The van der Waals surface area contributed by atoms with Crippen molar-refractivity contribution in [3.8, 4) is 0 Å². The van der Waals surface area contributed by atoms with Gasteiger partial charge < -0.3 is 10.6 Å². The lowest BCUT2D eigenvalue weighted by atomic mass is 10.2. The summed E-state index contributed by atoms with van der Waals surface area (Å²) < 4.78 is 0. The second-order valence-corrected chi connectivity index (χ2v) is 4.03.